The summed E-state index contributed by atoms with van der Waals surface area (Å²) in [4.78, 5) is 18.1. The van der Waals surface area contributed by atoms with Gasteiger partial charge >= 0.3 is 5.97 Å². The van der Waals surface area contributed by atoms with Crippen LogP contribution in [0.15, 0.2) is 74.4 Å². The van der Waals surface area contributed by atoms with E-state index in [1.165, 1.54) is 6.20 Å². The maximum atomic E-state index is 12.1. The van der Waals surface area contributed by atoms with Gasteiger partial charge in [-0.2, -0.15) is 5.26 Å². The summed E-state index contributed by atoms with van der Waals surface area (Å²) in [5.74, 6) is -0.114. The van der Waals surface area contributed by atoms with E-state index in [0.29, 0.717) is 11.5 Å². The van der Waals surface area contributed by atoms with Gasteiger partial charge in [-0.25, -0.2) is 4.79 Å². The van der Waals surface area contributed by atoms with Gasteiger partial charge in [-0.05, 0) is 50.2 Å². The fraction of sp³-hybridized carbons (Fsp3) is 0.227. The summed E-state index contributed by atoms with van der Waals surface area (Å²) in [5, 5.41) is 19.1. The summed E-state index contributed by atoms with van der Waals surface area (Å²) in [5.41, 5.74) is 1.71. The van der Waals surface area contributed by atoms with Gasteiger partial charge in [0, 0.05) is 16.0 Å². The number of nitrogens with zero attached hydrogens (tertiary/aromatic N) is 2. The Morgan fingerprint density at radius 3 is 2.48 bits per heavy atom. The number of aliphatic carboxylic acids is 1. The number of carboxylic acids is 1. The maximum Gasteiger partial charge on any atom is 0.343 e. The number of hydrogen-bond donors (Lipinski definition) is 1. The van der Waals surface area contributed by atoms with Crippen molar-refractivity contribution in [2.75, 3.05) is 7.11 Å². The van der Waals surface area contributed by atoms with Crippen molar-refractivity contribution < 1.29 is 19.4 Å². The van der Waals surface area contributed by atoms with Crippen molar-refractivity contribution in [3.8, 4) is 17.6 Å². The van der Waals surface area contributed by atoms with Crippen molar-refractivity contribution in [1.29, 1.82) is 5.26 Å². The summed E-state index contributed by atoms with van der Waals surface area (Å²) < 4.78 is 11.4. The van der Waals surface area contributed by atoms with E-state index in [0.717, 1.165) is 9.79 Å². The molecule has 3 atom stereocenters. The molecule has 0 aliphatic carbocycles. The molecule has 7 heteroatoms. The summed E-state index contributed by atoms with van der Waals surface area (Å²) >= 11 is 0. The molecule has 0 fully saturated rings. The van der Waals surface area contributed by atoms with Crippen LogP contribution in [0.1, 0.15) is 13.8 Å². The molecule has 0 bridgehead atoms. The number of rotatable bonds is 7. The second-order valence-electron chi connectivity index (χ2n) is 6.58. The summed E-state index contributed by atoms with van der Waals surface area (Å²) in [6, 6.07) is 16.9. The molecule has 2 aromatic rings. The van der Waals surface area contributed by atoms with Gasteiger partial charge in [-0.3, -0.25) is 4.99 Å². The first-order chi connectivity index (χ1) is 13.9. The van der Waals surface area contributed by atoms with Crippen LogP contribution in [0.4, 0.5) is 0 Å². The van der Waals surface area contributed by atoms with E-state index >= 15 is 0 Å². The number of para-hydroxylation sites is 1. The molecule has 0 radical (unpaired) electrons. The molecular weight excluding hydrogens is 388 g/mol. The van der Waals surface area contributed by atoms with E-state index in [2.05, 4.69) is 11.1 Å². The van der Waals surface area contributed by atoms with Crippen molar-refractivity contribution in [3.63, 3.8) is 0 Å². The molecule has 0 saturated heterocycles. The van der Waals surface area contributed by atoms with Crippen molar-refractivity contribution in [1.82, 2.24) is 0 Å². The van der Waals surface area contributed by atoms with Crippen LogP contribution in [0.3, 0.4) is 0 Å². The highest BCUT2D eigenvalue weighted by Gasteiger charge is 2.40. The zero-order valence-electron chi connectivity index (χ0n) is 16.4. The third-order valence-electron chi connectivity index (χ3n) is 4.82. The Morgan fingerprint density at radius 2 is 1.86 bits per heavy atom. The van der Waals surface area contributed by atoms with E-state index in [1.807, 2.05) is 37.3 Å². The van der Waals surface area contributed by atoms with Crippen LogP contribution in [0.5, 0.6) is 11.5 Å². The Balaban J connectivity index is 2.19. The number of carboxylic acid groups (broad SMARTS) is 1. The minimum Gasteiger partial charge on any atom is -0.497 e. The minimum absolute atomic E-state index is 0.208. The average molecular weight is 410 g/mol. The van der Waals surface area contributed by atoms with Crippen LogP contribution in [0.2, 0.25) is 0 Å². The lowest BCUT2D eigenvalue weighted by Crippen LogP contribution is -2.21. The first-order valence-electron chi connectivity index (χ1n) is 9.03. The number of carbonyl (C=O) groups is 1. The van der Waals surface area contributed by atoms with Gasteiger partial charge < -0.3 is 14.6 Å². The van der Waals surface area contributed by atoms with Gasteiger partial charge in [0.1, 0.15) is 22.5 Å². The summed E-state index contributed by atoms with van der Waals surface area (Å²) in [7, 11) is -0.704. The summed E-state index contributed by atoms with van der Waals surface area (Å²) in [6.07, 6.45) is 1.05. The molecule has 2 aromatic carbocycles. The molecule has 29 heavy (non-hydrogen) atoms. The number of hydrogen-bond acceptors (Lipinski definition) is 5. The van der Waals surface area contributed by atoms with E-state index in [-0.39, 0.29) is 16.9 Å². The molecule has 0 aromatic heterocycles. The second-order valence-corrected chi connectivity index (χ2v) is 9.46. The third-order valence-corrected chi connectivity index (χ3v) is 8.27. The molecular formula is C22H22N2O4S. The van der Waals surface area contributed by atoms with Crippen LogP contribution in [0.25, 0.3) is 0 Å². The minimum atomic E-state index is -2.29. The lowest BCUT2D eigenvalue weighted by atomic mass is 10.1. The molecule has 1 N–H and O–H groups in total. The SMILES string of the molecule is COc1ccc(S2(c3ccccc3OC(C)C(C)C#N)C=NC=C2C(=O)O)cc1. The smallest absolute Gasteiger partial charge is 0.343 e. The fourth-order valence-electron chi connectivity index (χ4n) is 3.02. The number of ether oxygens (including phenoxy) is 2. The first-order valence-corrected chi connectivity index (χ1v) is 10.7. The van der Waals surface area contributed by atoms with E-state index in [1.54, 1.807) is 37.8 Å². The topological polar surface area (TPSA) is 91.9 Å². The van der Waals surface area contributed by atoms with Gasteiger partial charge in [0.2, 0.25) is 0 Å². The number of aliphatic imine (C=N–C) groups is 1. The van der Waals surface area contributed by atoms with Crippen LogP contribution in [0, 0.1) is 17.2 Å². The third kappa shape index (κ3) is 3.71. The molecule has 0 amide bonds. The highest BCUT2D eigenvalue weighted by atomic mass is 32.3. The average Bonchev–Trinajstić information content (AvgIpc) is 3.19. The highest BCUT2D eigenvalue weighted by Crippen LogP contribution is 2.70. The van der Waals surface area contributed by atoms with Gasteiger partial charge in [0.05, 0.1) is 24.6 Å². The number of nitriles is 1. The first kappa shape index (κ1) is 20.5. The van der Waals surface area contributed by atoms with Gasteiger partial charge in [-0.1, -0.05) is 12.1 Å². The molecule has 150 valence electrons. The Labute approximate surface area is 171 Å². The molecule has 0 spiro atoms. The largest absolute Gasteiger partial charge is 0.497 e. The van der Waals surface area contributed by atoms with Crippen LogP contribution in [-0.4, -0.2) is 29.8 Å². The standard InChI is InChI=1S/C22H22N2O4S/c1-15(12-23)16(2)28-19-6-4-5-7-20(19)29(14-24-13-21(29)22(25)26)18-10-8-17(27-3)9-11-18/h4-11,13-16H,1-3H3,(H,25,26). The molecule has 6 nitrogen and oxygen atoms in total. The zero-order chi connectivity index (χ0) is 21.0. The summed E-state index contributed by atoms with van der Waals surface area (Å²) in [6.45, 7) is 3.62. The molecule has 3 unspecified atom stereocenters. The Morgan fingerprint density at radius 1 is 1.17 bits per heavy atom. The Bertz CT molecular complexity index is 1010. The Hall–Kier alpha value is -3.24. The van der Waals surface area contributed by atoms with Crippen molar-refractivity contribution in [2.45, 2.75) is 29.7 Å². The van der Waals surface area contributed by atoms with Gasteiger partial charge in [-0.15, -0.1) is 10.0 Å². The van der Waals surface area contributed by atoms with E-state index in [9.17, 15) is 15.2 Å². The van der Waals surface area contributed by atoms with Crippen molar-refractivity contribution in [2.24, 2.45) is 10.9 Å². The van der Waals surface area contributed by atoms with Crippen LogP contribution < -0.4 is 9.47 Å². The predicted octanol–water partition coefficient (Wildman–Crippen LogP) is 4.81. The number of methoxy groups -OCH3 is 1. The van der Waals surface area contributed by atoms with Crippen molar-refractivity contribution >= 4 is 21.5 Å². The second kappa shape index (κ2) is 8.41. The van der Waals surface area contributed by atoms with Crippen molar-refractivity contribution in [3.05, 3.63) is 59.6 Å². The lowest BCUT2D eigenvalue weighted by molar-refractivity contribution is -0.131. The predicted molar refractivity (Wildman–Crippen MR) is 113 cm³/mol. The molecule has 1 aliphatic heterocycles. The molecule has 0 saturated carbocycles. The highest BCUT2D eigenvalue weighted by molar-refractivity contribution is 8.47. The molecule has 1 aliphatic rings. The Kier molecular flexibility index (Phi) is 5.95. The lowest BCUT2D eigenvalue weighted by Gasteiger charge is -2.36. The quantitative estimate of drug-likeness (QED) is 0.707. The zero-order valence-corrected chi connectivity index (χ0v) is 17.2. The van der Waals surface area contributed by atoms with Crippen LogP contribution in [-0.2, 0) is 4.79 Å². The number of benzene rings is 2. The normalized spacial score (nSPS) is 21.9. The van der Waals surface area contributed by atoms with Crippen LogP contribution >= 0.6 is 10.0 Å². The van der Waals surface area contributed by atoms with Gasteiger partial charge in [0.15, 0.2) is 0 Å². The molecule has 1 heterocycles. The van der Waals surface area contributed by atoms with E-state index in [4.69, 9.17) is 9.47 Å². The fourth-order valence-corrected chi connectivity index (χ4v) is 6.16. The van der Waals surface area contributed by atoms with Gasteiger partial charge in [0.25, 0.3) is 0 Å². The maximum absolute atomic E-state index is 12.1. The monoisotopic (exact) mass is 410 g/mol. The van der Waals surface area contributed by atoms with E-state index < -0.39 is 16.0 Å². The molecule has 3 rings (SSSR count).